The van der Waals surface area contributed by atoms with Crippen LogP contribution in [-0.4, -0.2) is 27.4 Å². The minimum absolute atomic E-state index is 0.445. The topological polar surface area (TPSA) is 47.1 Å². The first-order valence-corrected chi connectivity index (χ1v) is 6.94. The molecule has 2 unspecified atom stereocenters. The summed E-state index contributed by atoms with van der Waals surface area (Å²) in [7, 11) is 1.97. The van der Waals surface area contributed by atoms with E-state index in [2.05, 4.69) is 23.8 Å². The number of thiocarbonyl (C=S) groups is 1. The van der Waals surface area contributed by atoms with Gasteiger partial charge in [0, 0.05) is 19.6 Å². The van der Waals surface area contributed by atoms with E-state index in [1.165, 1.54) is 12.8 Å². The van der Waals surface area contributed by atoms with Crippen molar-refractivity contribution >= 4 is 23.0 Å². The number of hydrogen-bond donors (Lipinski definition) is 1. The molecule has 1 fully saturated rings. The molecule has 2 atom stereocenters. The molecule has 2 rings (SSSR count). The zero-order valence-electron chi connectivity index (χ0n) is 11.6. The van der Waals surface area contributed by atoms with Gasteiger partial charge in [-0.25, -0.2) is 0 Å². The molecule has 1 aromatic rings. The van der Waals surface area contributed by atoms with Crippen molar-refractivity contribution in [2.45, 2.75) is 39.7 Å². The van der Waals surface area contributed by atoms with Crippen LogP contribution in [0.3, 0.4) is 0 Å². The van der Waals surface area contributed by atoms with Gasteiger partial charge in [0.15, 0.2) is 0 Å². The van der Waals surface area contributed by atoms with Gasteiger partial charge in [0.1, 0.15) is 10.8 Å². The summed E-state index contributed by atoms with van der Waals surface area (Å²) in [4.78, 5) is 2.85. The summed E-state index contributed by atoms with van der Waals surface area (Å²) in [5.41, 5.74) is 7.73. The lowest BCUT2D eigenvalue weighted by atomic mass is 9.92. The molecule has 1 aliphatic rings. The molecule has 0 aliphatic carbocycles. The van der Waals surface area contributed by atoms with E-state index in [0.717, 1.165) is 23.6 Å². The predicted octanol–water partition coefficient (Wildman–Crippen LogP) is 1.99. The molecular formula is C13H22N4S. The Labute approximate surface area is 114 Å². The van der Waals surface area contributed by atoms with E-state index >= 15 is 0 Å². The normalized spacial score (nSPS) is 24.3. The van der Waals surface area contributed by atoms with Crippen molar-refractivity contribution in [3.63, 3.8) is 0 Å². The molecule has 1 saturated heterocycles. The van der Waals surface area contributed by atoms with E-state index in [4.69, 9.17) is 18.0 Å². The molecule has 4 nitrogen and oxygen atoms in total. The minimum Gasteiger partial charge on any atom is -0.389 e. The fraction of sp³-hybridized carbons (Fsp3) is 0.692. The van der Waals surface area contributed by atoms with E-state index in [1.807, 2.05) is 18.7 Å². The van der Waals surface area contributed by atoms with E-state index in [9.17, 15) is 0 Å². The Morgan fingerprint density at radius 2 is 2.11 bits per heavy atom. The van der Waals surface area contributed by atoms with Gasteiger partial charge in [-0.1, -0.05) is 19.1 Å². The van der Waals surface area contributed by atoms with Crippen LogP contribution in [0.15, 0.2) is 0 Å². The number of nitrogens with two attached hydrogens (primary N) is 1. The van der Waals surface area contributed by atoms with Gasteiger partial charge in [-0.15, -0.1) is 0 Å². The standard InChI is InChI=1S/C13H22N4S/c1-8-6-5-7-17(10(8)3)13-11(12(14)18)9(2)15-16(13)4/h8,10H,5-7H2,1-4H3,(H2,14,18). The molecule has 0 spiro atoms. The Morgan fingerprint density at radius 1 is 1.44 bits per heavy atom. The quantitative estimate of drug-likeness (QED) is 0.832. The molecule has 1 aromatic heterocycles. The van der Waals surface area contributed by atoms with Crippen LogP contribution in [0.2, 0.25) is 0 Å². The summed E-state index contributed by atoms with van der Waals surface area (Å²) < 4.78 is 1.92. The summed E-state index contributed by atoms with van der Waals surface area (Å²) >= 11 is 5.19. The Balaban J connectivity index is 2.46. The summed E-state index contributed by atoms with van der Waals surface area (Å²) in [5.74, 6) is 1.77. The number of aryl methyl sites for hydroxylation is 2. The Hall–Kier alpha value is -1.10. The maximum absolute atomic E-state index is 5.87. The van der Waals surface area contributed by atoms with Gasteiger partial charge in [0.25, 0.3) is 0 Å². The molecule has 0 bridgehead atoms. The molecule has 0 radical (unpaired) electrons. The Morgan fingerprint density at radius 3 is 2.72 bits per heavy atom. The highest BCUT2D eigenvalue weighted by Gasteiger charge is 2.30. The zero-order chi connectivity index (χ0) is 13.4. The number of rotatable bonds is 2. The van der Waals surface area contributed by atoms with Crippen LogP contribution in [-0.2, 0) is 7.05 Å². The number of nitrogens with zero attached hydrogens (tertiary/aromatic N) is 3. The Bertz CT molecular complexity index is 466. The van der Waals surface area contributed by atoms with E-state index < -0.39 is 0 Å². The predicted molar refractivity (Wildman–Crippen MR) is 79.0 cm³/mol. The van der Waals surface area contributed by atoms with Gasteiger partial charge < -0.3 is 10.6 Å². The molecular weight excluding hydrogens is 244 g/mol. The van der Waals surface area contributed by atoms with Crippen molar-refractivity contribution in [2.75, 3.05) is 11.4 Å². The van der Waals surface area contributed by atoms with Crippen molar-refractivity contribution in [1.82, 2.24) is 9.78 Å². The highest BCUT2D eigenvalue weighted by atomic mass is 32.1. The van der Waals surface area contributed by atoms with Crippen molar-refractivity contribution in [3.8, 4) is 0 Å². The molecule has 0 aromatic carbocycles. The van der Waals surface area contributed by atoms with Crippen LogP contribution < -0.4 is 10.6 Å². The third-order valence-electron chi connectivity index (χ3n) is 4.08. The number of hydrogen-bond acceptors (Lipinski definition) is 3. The molecule has 1 aliphatic heterocycles. The van der Waals surface area contributed by atoms with Crippen molar-refractivity contribution in [2.24, 2.45) is 18.7 Å². The second-order valence-corrected chi connectivity index (χ2v) is 5.77. The van der Waals surface area contributed by atoms with Crippen molar-refractivity contribution in [3.05, 3.63) is 11.3 Å². The minimum atomic E-state index is 0.445. The average Bonchev–Trinajstić information content (AvgIpc) is 2.57. The second kappa shape index (κ2) is 4.88. The summed E-state index contributed by atoms with van der Waals surface area (Å²) in [6.07, 6.45) is 2.50. The fourth-order valence-electron chi connectivity index (χ4n) is 2.90. The van der Waals surface area contributed by atoms with Crippen molar-refractivity contribution in [1.29, 1.82) is 0 Å². The number of aromatic nitrogens is 2. The lowest BCUT2D eigenvalue weighted by Crippen LogP contribution is -2.44. The monoisotopic (exact) mass is 266 g/mol. The van der Waals surface area contributed by atoms with Crippen LogP contribution >= 0.6 is 12.2 Å². The highest BCUT2D eigenvalue weighted by molar-refractivity contribution is 7.80. The molecule has 100 valence electrons. The lowest BCUT2D eigenvalue weighted by Gasteiger charge is -2.39. The van der Waals surface area contributed by atoms with Crippen LogP contribution in [0.25, 0.3) is 0 Å². The fourth-order valence-corrected chi connectivity index (χ4v) is 3.14. The number of anilines is 1. The highest BCUT2D eigenvalue weighted by Crippen LogP contribution is 2.31. The van der Waals surface area contributed by atoms with Gasteiger partial charge in [0.2, 0.25) is 0 Å². The third kappa shape index (κ3) is 2.11. The molecule has 0 amide bonds. The SMILES string of the molecule is Cc1nn(C)c(N2CCCC(C)C2C)c1C(N)=S. The van der Waals surface area contributed by atoms with Crippen LogP contribution in [0.5, 0.6) is 0 Å². The Kier molecular flexibility index (Phi) is 3.61. The van der Waals surface area contributed by atoms with E-state index in [1.54, 1.807) is 0 Å². The van der Waals surface area contributed by atoms with Crippen LogP contribution in [0.4, 0.5) is 5.82 Å². The van der Waals surface area contributed by atoms with Gasteiger partial charge in [-0.2, -0.15) is 5.10 Å². The second-order valence-electron chi connectivity index (χ2n) is 5.33. The van der Waals surface area contributed by atoms with Gasteiger partial charge in [0.05, 0.1) is 11.3 Å². The van der Waals surface area contributed by atoms with Crippen molar-refractivity contribution < 1.29 is 0 Å². The summed E-state index contributed by atoms with van der Waals surface area (Å²) in [6, 6.07) is 0.502. The van der Waals surface area contributed by atoms with Gasteiger partial charge in [-0.05, 0) is 32.6 Å². The average molecular weight is 266 g/mol. The van der Waals surface area contributed by atoms with E-state index in [0.29, 0.717) is 16.9 Å². The van der Waals surface area contributed by atoms with Gasteiger partial charge in [-0.3, -0.25) is 4.68 Å². The smallest absolute Gasteiger partial charge is 0.137 e. The van der Waals surface area contributed by atoms with E-state index in [-0.39, 0.29) is 0 Å². The molecule has 2 heterocycles. The molecule has 0 saturated carbocycles. The largest absolute Gasteiger partial charge is 0.389 e. The van der Waals surface area contributed by atoms with Gasteiger partial charge >= 0.3 is 0 Å². The van der Waals surface area contributed by atoms with Crippen LogP contribution in [0.1, 0.15) is 37.9 Å². The first kappa shape index (κ1) is 13.3. The van der Waals surface area contributed by atoms with Crippen LogP contribution in [0, 0.1) is 12.8 Å². The number of piperidine rings is 1. The molecule has 18 heavy (non-hydrogen) atoms. The lowest BCUT2D eigenvalue weighted by molar-refractivity contribution is 0.358. The third-order valence-corrected chi connectivity index (χ3v) is 4.29. The first-order chi connectivity index (χ1) is 8.43. The summed E-state index contributed by atoms with van der Waals surface area (Å²) in [5, 5.41) is 4.47. The first-order valence-electron chi connectivity index (χ1n) is 6.53. The maximum Gasteiger partial charge on any atom is 0.137 e. The molecule has 2 N–H and O–H groups in total. The molecule has 5 heteroatoms. The maximum atomic E-state index is 5.87. The summed E-state index contributed by atoms with van der Waals surface area (Å²) in [6.45, 7) is 7.60. The zero-order valence-corrected chi connectivity index (χ0v) is 12.4.